The summed E-state index contributed by atoms with van der Waals surface area (Å²) < 4.78 is 0. The van der Waals surface area contributed by atoms with Gasteiger partial charge in [-0.15, -0.1) is 11.6 Å². The minimum Gasteiger partial charge on any atom is -0.370 e. The molecule has 0 fully saturated rings. The van der Waals surface area contributed by atoms with E-state index in [1.165, 1.54) is 11.8 Å². The van der Waals surface area contributed by atoms with Crippen LogP contribution in [0.25, 0.3) is 0 Å². The predicted molar refractivity (Wildman–Crippen MR) is 51.4 cm³/mol. The molecule has 0 bridgehead atoms. The van der Waals surface area contributed by atoms with Crippen LogP contribution in [0.15, 0.2) is 9.98 Å². The van der Waals surface area contributed by atoms with Crippen LogP contribution in [0.3, 0.4) is 0 Å². The van der Waals surface area contributed by atoms with Gasteiger partial charge in [-0.05, 0) is 0 Å². The lowest BCUT2D eigenvalue weighted by Crippen LogP contribution is -2.28. The molecule has 1 rings (SSSR count). The van der Waals surface area contributed by atoms with Gasteiger partial charge in [0.2, 0.25) is 0 Å². The highest BCUT2D eigenvalue weighted by Crippen LogP contribution is 2.26. The minimum absolute atomic E-state index is 0.0451. The van der Waals surface area contributed by atoms with E-state index in [1.807, 2.05) is 0 Å². The van der Waals surface area contributed by atoms with Gasteiger partial charge in [0.05, 0.1) is 11.6 Å². The van der Waals surface area contributed by atoms with E-state index in [-0.39, 0.29) is 11.8 Å². The van der Waals surface area contributed by atoms with E-state index in [0.29, 0.717) is 10.9 Å². The summed E-state index contributed by atoms with van der Waals surface area (Å²) >= 11 is 6.74. The Morgan fingerprint density at radius 3 is 2.92 bits per heavy atom. The fraction of sp³-hybridized carbons (Fsp3) is 0.600. The van der Waals surface area contributed by atoms with E-state index in [2.05, 4.69) is 9.98 Å². The smallest absolute Gasteiger partial charge is 0.193 e. The Morgan fingerprint density at radius 2 is 2.50 bits per heavy atom. The van der Waals surface area contributed by atoms with Crippen molar-refractivity contribution in [2.75, 3.05) is 11.6 Å². The lowest BCUT2D eigenvalue weighted by atomic mass is 10.3. The number of halogens is 1. The van der Waals surface area contributed by atoms with Crippen molar-refractivity contribution in [3.63, 3.8) is 0 Å². The third-order valence-electron chi connectivity index (χ3n) is 1.17. The Kier molecular flexibility index (Phi) is 2.81. The molecule has 0 spiro atoms. The monoisotopic (exact) mass is 208 g/mol. The van der Waals surface area contributed by atoms with Crippen LogP contribution in [0.1, 0.15) is 0 Å². The van der Waals surface area contributed by atoms with Gasteiger partial charge in [-0.3, -0.25) is 0 Å². The van der Waals surface area contributed by atoms with Crippen LogP contribution < -0.4 is 11.5 Å². The normalized spacial score (nSPS) is 28.3. The average Bonchev–Trinajstić information content (AvgIpc) is 2.32. The topological polar surface area (TPSA) is 97.0 Å². The Balaban J connectivity index is 2.72. The molecule has 1 aliphatic heterocycles. The number of thioether (sulfide) groups is 1. The molecule has 12 heavy (non-hydrogen) atoms. The van der Waals surface area contributed by atoms with E-state index in [9.17, 15) is 5.11 Å². The summed E-state index contributed by atoms with van der Waals surface area (Å²) in [6.07, 6.45) is 0. The molecule has 0 saturated heterocycles. The fourth-order valence-corrected chi connectivity index (χ4v) is 1.86. The fourth-order valence-electron chi connectivity index (χ4n) is 0.659. The van der Waals surface area contributed by atoms with E-state index in [4.69, 9.17) is 23.1 Å². The van der Waals surface area contributed by atoms with Crippen molar-refractivity contribution < 1.29 is 5.11 Å². The molecule has 0 amide bonds. The third-order valence-corrected chi connectivity index (χ3v) is 2.65. The summed E-state index contributed by atoms with van der Waals surface area (Å²) in [5, 5.41) is 9.87. The van der Waals surface area contributed by atoms with E-state index >= 15 is 0 Å². The predicted octanol–water partition coefficient (Wildman–Crippen LogP) is -0.710. The number of nitrogens with zero attached hydrogens (tertiary/aromatic N) is 2. The second kappa shape index (κ2) is 3.51. The quantitative estimate of drug-likeness (QED) is 0.301. The summed E-state index contributed by atoms with van der Waals surface area (Å²) in [6, 6.07) is 0. The van der Waals surface area contributed by atoms with E-state index in [0.717, 1.165) is 0 Å². The van der Waals surface area contributed by atoms with E-state index in [1.54, 1.807) is 0 Å². The van der Waals surface area contributed by atoms with Crippen molar-refractivity contribution in [1.29, 1.82) is 0 Å². The Bertz CT molecular complexity index is 240. The first-order valence-corrected chi connectivity index (χ1v) is 4.68. The number of hydrogen-bond donors (Lipinski definition) is 3. The largest absolute Gasteiger partial charge is 0.370 e. The van der Waals surface area contributed by atoms with Crippen LogP contribution in [0.5, 0.6) is 0 Å². The zero-order valence-electron chi connectivity index (χ0n) is 6.20. The standard InChI is InChI=1S/C5H9ClN4OS/c6-1-5(11)2-12-4(10-5)9-3(7)8/h11H,1-2H2,(H4,7,8,9,10)/t5-/m0/s1. The van der Waals surface area contributed by atoms with Crippen LogP contribution in [0.4, 0.5) is 0 Å². The number of aliphatic imine (C=N–C) groups is 2. The highest BCUT2D eigenvalue weighted by atomic mass is 35.5. The molecule has 0 aliphatic carbocycles. The lowest BCUT2D eigenvalue weighted by Gasteiger charge is -2.11. The second-order valence-corrected chi connectivity index (χ2v) is 3.55. The molecule has 7 heteroatoms. The second-order valence-electron chi connectivity index (χ2n) is 2.34. The highest BCUT2D eigenvalue weighted by Gasteiger charge is 2.32. The molecular formula is C5H9ClN4OS. The average molecular weight is 209 g/mol. The molecule has 5 N–H and O–H groups in total. The maximum atomic E-state index is 9.49. The molecule has 1 atom stereocenters. The first-order valence-electron chi connectivity index (χ1n) is 3.16. The number of rotatable bonds is 1. The van der Waals surface area contributed by atoms with Crippen LogP contribution in [0, 0.1) is 0 Å². The minimum atomic E-state index is -1.21. The molecule has 5 nitrogen and oxygen atoms in total. The number of aliphatic hydroxyl groups is 1. The first kappa shape index (κ1) is 9.63. The van der Waals surface area contributed by atoms with Crippen molar-refractivity contribution >= 4 is 34.5 Å². The molecule has 68 valence electrons. The van der Waals surface area contributed by atoms with Gasteiger partial charge in [-0.25, -0.2) is 4.99 Å². The van der Waals surface area contributed by atoms with Crippen LogP contribution >= 0.6 is 23.4 Å². The van der Waals surface area contributed by atoms with Crippen LogP contribution in [0.2, 0.25) is 0 Å². The Labute approximate surface area is 78.9 Å². The number of guanidine groups is 1. The van der Waals surface area contributed by atoms with E-state index < -0.39 is 5.72 Å². The van der Waals surface area contributed by atoms with Crippen molar-refractivity contribution in [3.8, 4) is 0 Å². The van der Waals surface area contributed by atoms with Crippen molar-refractivity contribution in [2.24, 2.45) is 21.5 Å². The highest BCUT2D eigenvalue weighted by molar-refractivity contribution is 8.14. The third kappa shape index (κ3) is 2.26. The zero-order chi connectivity index (χ0) is 9.19. The molecule has 0 unspecified atom stereocenters. The van der Waals surface area contributed by atoms with Crippen molar-refractivity contribution in [3.05, 3.63) is 0 Å². The molecule has 0 radical (unpaired) electrons. The first-order chi connectivity index (χ1) is 5.56. The Morgan fingerprint density at radius 1 is 1.83 bits per heavy atom. The summed E-state index contributed by atoms with van der Waals surface area (Å²) in [7, 11) is 0. The van der Waals surface area contributed by atoms with Gasteiger partial charge in [-0.1, -0.05) is 11.8 Å². The lowest BCUT2D eigenvalue weighted by molar-refractivity contribution is 0.102. The number of alkyl halides is 1. The maximum absolute atomic E-state index is 9.49. The summed E-state index contributed by atoms with van der Waals surface area (Å²) in [5.74, 6) is 0.367. The molecule has 0 aromatic rings. The van der Waals surface area contributed by atoms with Crippen molar-refractivity contribution in [1.82, 2.24) is 0 Å². The summed E-state index contributed by atoms with van der Waals surface area (Å²) in [5.41, 5.74) is 9.03. The van der Waals surface area contributed by atoms with Gasteiger partial charge in [0.1, 0.15) is 0 Å². The van der Waals surface area contributed by atoms with Gasteiger partial charge in [0, 0.05) is 0 Å². The van der Waals surface area contributed by atoms with Gasteiger partial charge in [0.15, 0.2) is 16.9 Å². The zero-order valence-corrected chi connectivity index (χ0v) is 7.77. The van der Waals surface area contributed by atoms with Gasteiger partial charge in [0.25, 0.3) is 0 Å². The van der Waals surface area contributed by atoms with Gasteiger partial charge in [-0.2, -0.15) is 4.99 Å². The summed E-state index contributed by atoms with van der Waals surface area (Å²) in [4.78, 5) is 7.52. The van der Waals surface area contributed by atoms with Crippen LogP contribution in [-0.4, -0.2) is 33.6 Å². The molecular weight excluding hydrogens is 200 g/mol. The number of hydrogen-bond acceptors (Lipinski definition) is 4. The number of amidine groups is 1. The van der Waals surface area contributed by atoms with Crippen LogP contribution in [-0.2, 0) is 0 Å². The van der Waals surface area contributed by atoms with Gasteiger partial charge >= 0.3 is 0 Å². The molecule has 0 aromatic heterocycles. The van der Waals surface area contributed by atoms with Crippen molar-refractivity contribution in [2.45, 2.75) is 5.72 Å². The van der Waals surface area contributed by atoms with Gasteiger partial charge < -0.3 is 16.6 Å². The Hall–Kier alpha value is -0.460. The molecule has 1 heterocycles. The maximum Gasteiger partial charge on any atom is 0.193 e. The SMILES string of the molecule is NC(N)=NC1=N[C@](O)(CCl)CS1. The molecule has 0 aromatic carbocycles. The summed E-state index contributed by atoms with van der Waals surface area (Å²) in [6.45, 7) is 0. The molecule has 1 aliphatic rings. The molecule has 0 saturated carbocycles. The number of nitrogens with two attached hydrogens (primary N) is 2.